The summed E-state index contributed by atoms with van der Waals surface area (Å²) in [6, 6.07) is 5.67. The fraction of sp³-hybridized carbons (Fsp3) is 0.438. The topological polar surface area (TPSA) is 56.3 Å². The number of aliphatic hydroxyl groups is 1. The van der Waals surface area contributed by atoms with Crippen molar-refractivity contribution in [1.82, 2.24) is 9.88 Å². The number of carbonyl (C=O) groups is 1. The molecule has 0 atom stereocenters. The average molecular weight is 274 g/mol. The van der Waals surface area contributed by atoms with Gasteiger partial charge in [-0.15, -0.1) is 0 Å². The highest BCUT2D eigenvalue weighted by Crippen LogP contribution is 2.24. The molecule has 0 aliphatic heterocycles. The van der Waals surface area contributed by atoms with E-state index in [9.17, 15) is 9.90 Å². The maximum absolute atomic E-state index is 12.5. The zero-order chi connectivity index (χ0) is 15.1. The minimum atomic E-state index is -0.574. The molecule has 0 unspecified atom stereocenters. The number of carbonyl (C=O) groups excluding carboxylic acids is 1. The molecule has 4 nitrogen and oxygen atoms in total. The Morgan fingerprint density at radius 1 is 1.35 bits per heavy atom. The van der Waals surface area contributed by atoms with Crippen molar-refractivity contribution >= 4 is 16.8 Å². The van der Waals surface area contributed by atoms with Crippen molar-refractivity contribution < 1.29 is 9.90 Å². The van der Waals surface area contributed by atoms with E-state index in [0.29, 0.717) is 5.56 Å². The molecule has 0 saturated heterocycles. The second kappa shape index (κ2) is 4.94. The summed E-state index contributed by atoms with van der Waals surface area (Å²) in [6.45, 7) is 7.69. The molecule has 0 aliphatic rings. The number of aryl methyl sites for hydroxylation is 2. The summed E-state index contributed by atoms with van der Waals surface area (Å²) in [4.78, 5) is 17.4. The van der Waals surface area contributed by atoms with Crippen LogP contribution in [0.15, 0.2) is 18.2 Å². The number of aliphatic hydroxyl groups excluding tert-OH is 1. The number of rotatable bonds is 3. The molecule has 20 heavy (non-hydrogen) atoms. The lowest BCUT2D eigenvalue weighted by Crippen LogP contribution is -2.47. The third-order valence-electron chi connectivity index (χ3n) is 4.15. The van der Waals surface area contributed by atoms with Crippen molar-refractivity contribution in [2.75, 3.05) is 13.7 Å². The Morgan fingerprint density at radius 3 is 2.60 bits per heavy atom. The third-order valence-corrected chi connectivity index (χ3v) is 4.15. The molecule has 0 aliphatic carbocycles. The van der Waals surface area contributed by atoms with Gasteiger partial charge in [0.05, 0.1) is 12.1 Å². The van der Waals surface area contributed by atoms with E-state index in [1.807, 2.05) is 45.9 Å². The zero-order valence-electron chi connectivity index (χ0n) is 12.7. The van der Waals surface area contributed by atoms with Crippen LogP contribution in [-0.2, 0) is 0 Å². The van der Waals surface area contributed by atoms with Gasteiger partial charge in [-0.25, -0.2) is 0 Å². The van der Waals surface area contributed by atoms with E-state index in [1.54, 1.807) is 11.9 Å². The van der Waals surface area contributed by atoms with Crippen molar-refractivity contribution in [3.05, 3.63) is 35.0 Å². The van der Waals surface area contributed by atoms with E-state index in [2.05, 4.69) is 4.98 Å². The molecular weight excluding hydrogens is 252 g/mol. The number of nitrogens with one attached hydrogen (secondary N) is 1. The first kappa shape index (κ1) is 14.6. The highest BCUT2D eigenvalue weighted by Gasteiger charge is 2.27. The SMILES string of the molecule is Cc1[nH]c2ccc(C(=O)N(C)C(C)(C)CO)cc2c1C. The van der Waals surface area contributed by atoms with Gasteiger partial charge in [-0.3, -0.25) is 4.79 Å². The number of hydrogen-bond acceptors (Lipinski definition) is 2. The number of likely N-dealkylation sites (N-methyl/N-ethyl adjacent to an activating group) is 1. The number of nitrogens with zero attached hydrogens (tertiary/aromatic N) is 1. The Labute approximate surface area is 119 Å². The second-order valence-corrected chi connectivity index (χ2v) is 5.97. The highest BCUT2D eigenvalue weighted by molar-refractivity contribution is 5.99. The first-order valence-corrected chi connectivity index (χ1v) is 6.76. The number of H-pyrrole nitrogens is 1. The van der Waals surface area contributed by atoms with Gasteiger partial charge in [0.25, 0.3) is 5.91 Å². The zero-order valence-corrected chi connectivity index (χ0v) is 12.7. The molecule has 2 rings (SSSR count). The Morgan fingerprint density at radius 2 is 2.00 bits per heavy atom. The van der Waals surface area contributed by atoms with Crippen LogP contribution in [0.25, 0.3) is 10.9 Å². The fourth-order valence-electron chi connectivity index (χ4n) is 2.17. The lowest BCUT2D eigenvalue weighted by molar-refractivity contribution is 0.0473. The second-order valence-electron chi connectivity index (χ2n) is 5.97. The lowest BCUT2D eigenvalue weighted by Gasteiger charge is -2.34. The molecule has 1 aromatic carbocycles. The van der Waals surface area contributed by atoms with E-state index in [-0.39, 0.29) is 12.5 Å². The van der Waals surface area contributed by atoms with Crippen LogP contribution >= 0.6 is 0 Å². The van der Waals surface area contributed by atoms with Crippen LogP contribution in [-0.4, -0.2) is 40.1 Å². The van der Waals surface area contributed by atoms with Gasteiger partial charge >= 0.3 is 0 Å². The maximum Gasteiger partial charge on any atom is 0.254 e. The largest absolute Gasteiger partial charge is 0.394 e. The summed E-state index contributed by atoms with van der Waals surface area (Å²) in [5.74, 6) is -0.0794. The molecule has 0 bridgehead atoms. The fourth-order valence-corrected chi connectivity index (χ4v) is 2.17. The summed E-state index contributed by atoms with van der Waals surface area (Å²) < 4.78 is 0. The van der Waals surface area contributed by atoms with Crippen molar-refractivity contribution in [1.29, 1.82) is 0 Å². The van der Waals surface area contributed by atoms with Gasteiger partial charge < -0.3 is 15.0 Å². The van der Waals surface area contributed by atoms with Crippen LogP contribution in [0.3, 0.4) is 0 Å². The average Bonchev–Trinajstić information content (AvgIpc) is 2.72. The first-order valence-electron chi connectivity index (χ1n) is 6.76. The normalized spacial score (nSPS) is 11.9. The molecule has 2 N–H and O–H groups in total. The number of amides is 1. The summed E-state index contributed by atoms with van der Waals surface area (Å²) in [5, 5.41) is 10.5. The molecule has 0 radical (unpaired) electrons. The Kier molecular flexibility index (Phi) is 3.61. The van der Waals surface area contributed by atoms with Crippen molar-refractivity contribution in [3.63, 3.8) is 0 Å². The lowest BCUT2D eigenvalue weighted by atomic mass is 10.0. The van der Waals surface area contributed by atoms with Crippen LogP contribution in [0.4, 0.5) is 0 Å². The first-order chi connectivity index (χ1) is 9.27. The molecule has 1 heterocycles. The van der Waals surface area contributed by atoms with Crippen LogP contribution < -0.4 is 0 Å². The molecule has 0 spiro atoms. The molecule has 2 aromatic rings. The minimum Gasteiger partial charge on any atom is -0.394 e. The van der Waals surface area contributed by atoms with Gasteiger partial charge in [0.15, 0.2) is 0 Å². The summed E-state index contributed by atoms with van der Waals surface area (Å²) in [7, 11) is 1.72. The molecule has 4 heteroatoms. The Bertz CT molecular complexity index is 656. The van der Waals surface area contributed by atoms with Crippen molar-refractivity contribution in [2.45, 2.75) is 33.2 Å². The van der Waals surface area contributed by atoms with Crippen LogP contribution in [0, 0.1) is 13.8 Å². The number of aromatic nitrogens is 1. The van der Waals surface area contributed by atoms with Gasteiger partial charge in [-0.1, -0.05) is 0 Å². The number of aromatic amines is 1. The van der Waals surface area contributed by atoms with E-state index < -0.39 is 5.54 Å². The van der Waals surface area contributed by atoms with Gasteiger partial charge in [0, 0.05) is 29.2 Å². The van der Waals surface area contributed by atoms with E-state index in [0.717, 1.165) is 16.6 Å². The summed E-state index contributed by atoms with van der Waals surface area (Å²) in [5.41, 5.74) is 3.39. The Balaban J connectivity index is 2.43. The van der Waals surface area contributed by atoms with E-state index >= 15 is 0 Å². The third kappa shape index (κ3) is 2.31. The molecule has 0 fully saturated rings. The molecule has 1 aromatic heterocycles. The Hall–Kier alpha value is -1.81. The van der Waals surface area contributed by atoms with Gasteiger partial charge in [-0.2, -0.15) is 0 Å². The standard InChI is InChI=1S/C16H22N2O2/c1-10-11(2)17-14-7-6-12(8-13(10)14)15(20)18(5)16(3,4)9-19/h6-8,17,19H,9H2,1-5H3. The van der Waals surface area contributed by atoms with Crippen molar-refractivity contribution in [2.24, 2.45) is 0 Å². The monoisotopic (exact) mass is 274 g/mol. The van der Waals surface area contributed by atoms with Gasteiger partial charge in [0.1, 0.15) is 0 Å². The number of fused-ring (bicyclic) bond motifs is 1. The minimum absolute atomic E-state index is 0.0697. The van der Waals surface area contributed by atoms with Crippen LogP contribution in [0.1, 0.15) is 35.5 Å². The smallest absolute Gasteiger partial charge is 0.254 e. The van der Waals surface area contributed by atoms with Crippen molar-refractivity contribution in [3.8, 4) is 0 Å². The van der Waals surface area contributed by atoms with Gasteiger partial charge in [0.2, 0.25) is 0 Å². The van der Waals surface area contributed by atoms with Crippen LogP contribution in [0.2, 0.25) is 0 Å². The summed E-state index contributed by atoms with van der Waals surface area (Å²) in [6.07, 6.45) is 0. The molecule has 1 amide bonds. The van der Waals surface area contributed by atoms with Gasteiger partial charge in [-0.05, 0) is 51.5 Å². The van der Waals surface area contributed by atoms with E-state index in [4.69, 9.17) is 0 Å². The van der Waals surface area contributed by atoms with E-state index in [1.165, 1.54) is 5.56 Å². The predicted molar refractivity (Wildman–Crippen MR) is 81.0 cm³/mol. The quantitative estimate of drug-likeness (QED) is 0.904. The summed E-state index contributed by atoms with van der Waals surface area (Å²) >= 11 is 0. The highest BCUT2D eigenvalue weighted by atomic mass is 16.3. The molecular formula is C16H22N2O2. The predicted octanol–water partition coefficient (Wildman–Crippen LogP) is 2.63. The number of hydrogen-bond donors (Lipinski definition) is 2. The van der Waals surface area contributed by atoms with Crippen LogP contribution in [0.5, 0.6) is 0 Å². The maximum atomic E-state index is 12.5. The molecule has 0 saturated carbocycles. The number of benzene rings is 1. The molecule has 108 valence electrons.